The van der Waals surface area contributed by atoms with Gasteiger partial charge in [0.1, 0.15) is 11.6 Å². The molecule has 2 heterocycles. The van der Waals surface area contributed by atoms with Crippen LogP contribution in [0.1, 0.15) is 67.2 Å². The first-order valence-corrected chi connectivity index (χ1v) is 9.05. The SMILES string of the molecule is Cc1nc(C)n(C2CCCN(C(=O)c3ccc(C(C)(C)C)cc3)C2)n1. The molecule has 1 aromatic heterocycles. The van der Waals surface area contributed by atoms with E-state index in [9.17, 15) is 4.79 Å². The van der Waals surface area contributed by atoms with Gasteiger partial charge in [-0.05, 0) is 49.8 Å². The second-order valence-corrected chi connectivity index (χ2v) is 8.03. The first-order chi connectivity index (χ1) is 11.8. The van der Waals surface area contributed by atoms with Crippen molar-refractivity contribution < 1.29 is 4.79 Å². The molecule has 1 atom stereocenters. The maximum atomic E-state index is 12.9. The molecule has 1 aliphatic heterocycles. The number of carbonyl (C=O) groups is 1. The summed E-state index contributed by atoms with van der Waals surface area (Å²) in [6, 6.07) is 8.27. The summed E-state index contributed by atoms with van der Waals surface area (Å²) in [4.78, 5) is 19.3. The van der Waals surface area contributed by atoms with Gasteiger partial charge < -0.3 is 4.90 Å². The second kappa shape index (κ2) is 6.62. The fourth-order valence-corrected chi connectivity index (χ4v) is 3.52. The van der Waals surface area contributed by atoms with Crippen molar-refractivity contribution in [3.05, 3.63) is 47.0 Å². The summed E-state index contributed by atoms with van der Waals surface area (Å²) in [6.07, 6.45) is 2.03. The molecule has 1 unspecified atom stereocenters. The van der Waals surface area contributed by atoms with Gasteiger partial charge in [-0.2, -0.15) is 5.10 Å². The number of likely N-dealkylation sites (tertiary alicyclic amines) is 1. The van der Waals surface area contributed by atoms with Crippen molar-refractivity contribution in [2.24, 2.45) is 0 Å². The van der Waals surface area contributed by atoms with Crippen molar-refractivity contribution in [2.45, 2.75) is 58.9 Å². The number of hydrogen-bond acceptors (Lipinski definition) is 3. The van der Waals surface area contributed by atoms with Crippen LogP contribution in [0, 0.1) is 13.8 Å². The number of carbonyl (C=O) groups excluding carboxylic acids is 1. The standard InChI is InChI=1S/C20H28N4O/c1-14-21-15(2)24(22-14)18-7-6-12-23(13-18)19(25)16-8-10-17(11-9-16)20(3,4)5/h8-11,18H,6-7,12-13H2,1-5H3. The van der Waals surface area contributed by atoms with E-state index in [0.717, 1.165) is 36.6 Å². The van der Waals surface area contributed by atoms with Crippen LogP contribution in [0.15, 0.2) is 24.3 Å². The van der Waals surface area contributed by atoms with Gasteiger partial charge in [0, 0.05) is 18.7 Å². The normalized spacial score (nSPS) is 18.4. The Kier molecular flexibility index (Phi) is 4.67. The third-order valence-corrected chi connectivity index (χ3v) is 4.94. The minimum Gasteiger partial charge on any atom is -0.337 e. The number of benzene rings is 1. The van der Waals surface area contributed by atoms with E-state index in [2.05, 4.69) is 43.0 Å². The Labute approximate surface area is 150 Å². The van der Waals surface area contributed by atoms with E-state index < -0.39 is 0 Å². The van der Waals surface area contributed by atoms with Crippen LogP contribution in [0.25, 0.3) is 0 Å². The molecule has 0 spiro atoms. The average molecular weight is 340 g/mol. The van der Waals surface area contributed by atoms with Crippen LogP contribution in [0.4, 0.5) is 0 Å². The van der Waals surface area contributed by atoms with Gasteiger partial charge in [-0.1, -0.05) is 32.9 Å². The van der Waals surface area contributed by atoms with Crippen LogP contribution in [-0.4, -0.2) is 38.7 Å². The molecule has 0 saturated carbocycles. The van der Waals surface area contributed by atoms with Crippen molar-refractivity contribution in [1.82, 2.24) is 19.7 Å². The Bertz CT molecular complexity index is 755. The summed E-state index contributed by atoms with van der Waals surface area (Å²) in [5.74, 6) is 1.82. The molecule has 0 bridgehead atoms. The number of nitrogens with zero attached hydrogens (tertiary/aromatic N) is 4. The summed E-state index contributed by atoms with van der Waals surface area (Å²) in [6.45, 7) is 11.9. The zero-order valence-corrected chi connectivity index (χ0v) is 15.9. The molecule has 25 heavy (non-hydrogen) atoms. The lowest BCUT2D eigenvalue weighted by Gasteiger charge is -2.33. The molecule has 3 rings (SSSR count). The minimum absolute atomic E-state index is 0.0975. The van der Waals surface area contributed by atoms with E-state index >= 15 is 0 Å². The zero-order chi connectivity index (χ0) is 18.2. The van der Waals surface area contributed by atoms with Crippen molar-refractivity contribution >= 4 is 5.91 Å². The van der Waals surface area contributed by atoms with Crippen molar-refractivity contribution in [1.29, 1.82) is 0 Å². The monoisotopic (exact) mass is 340 g/mol. The molecule has 0 radical (unpaired) electrons. The van der Waals surface area contributed by atoms with Gasteiger partial charge >= 0.3 is 0 Å². The summed E-state index contributed by atoms with van der Waals surface area (Å²) in [5, 5.41) is 4.51. The van der Waals surface area contributed by atoms with Crippen LogP contribution >= 0.6 is 0 Å². The Morgan fingerprint density at radius 1 is 1.16 bits per heavy atom. The fraction of sp³-hybridized carbons (Fsp3) is 0.550. The maximum Gasteiger partial charge on any atom is 0.253 e. The molecule has 1 saturated heterocycles. The molecule has 0 N–H and O–H groups in total. The van der Waals surface area contributed by atoms with Crippen LogP contribution in [0.5, 0.6) is 0 Å². The maximum absolute atomic E-state index is 12.9. The van der Waals surface area contributed by atoms with Crippen LogP contribution < -0.4 is 0 Å². The van der Waals surface area contributed by atoms with E-state index in [1.807, 2.05) is 35.6 Å². The predicted octanol–water partition coefficient (Wildman–Crippen LogP) is 3.67. The van der Waals surface area contributed by atoms with E-state index in [0.29, 0.717) is 6.54 Å². The predicted molar refractivity (Wildman–Crippen MR) is 98.8 cm³/mol. The van der Waals surface area contributed by atoms with E-state index in [1.165, 1.54) is 5.56 Å². The number of rotatable bonds is 2. The topological polar surface area (TPSA) is 51.0 Å². The first-order valence-electron chi connectivity index (χ1n) is 9.05. The van der Waals surface area contributed by atoms with E-state index in [-0.39, 0.29) is 17.4 Å². The lowest BCUT2D eigenvalue weighted by atomic mass is 9.86. The third-order valence-electron chi connectivity index (χ3n) is 4.94. The highest BCUT2D eigenvalue weighted by molar-refractivity contribution is 5.94. The molecule has 2 aromatic rings. The zero-order valence-electron chi connectivity index (χ0n) is 15.9. The smallest absolute Gasteiger partial charge is 0.253 e. The largest absolute Gasteiger partial charge is 0.337 e. The highest BCUT2D eigenvalue weighted by Gasteiger charge is 2.27. The lowest BCUT2D eigenvalue weighted by molar-refractivity contribution is 0.0671. The molecule has 5 heteroatoms. The summed E-state index contributed by atoms with van der Waals surface area (Å²) in [7, 11) is 0. The first kappa shape index (κ1) is 17.6. The fourth-order valence-electron chi connectivity index (χ4n) is 3.52. The quantitative estimate of drug-likeness (QED) is 0.838. The highest BCUT2D eigenvalue weighted by atomic mass is 16.2. The Balaban J connectivity index is 1.75. The van der Waals surface area contributed by atoms with E-state index in [1.54, 1.807) is 0 Å². The molecule has 134 valence electrons. The lowest BCUT2D eigenvalue weighted by Crippen LogP contribution is -2.41. The number of aryl methyl sites for hydroxylation is 2. The minimum atomic E-state index is 0.0975. The Hall–Kier alpha value is -2.17. The second-order valence-electron chi connectivity index (χ2n) is 8.03. The number of hydrogen-bond donors (Lipinski definition) is 0. The summed E-state index contributed by atoms with van der Waals surface area (Å²) < 4.78 is 1.98. The molecule has 5 nitrogen and oxygen atoms in total. The van der Waals surface area contributed by atoms with E-state index in [4.69, 9.17) is 0 Å². The molecule has 1 aromatic carbocycles. The van der Waals surface area contributed by atoms with Crippen LogP contribution in [-0.2, 0) is 5.41 Å². The average Bonchev–Trinajstić information content (AvgIpc) is 2.92. The Morgan fingerprint density at radius 3 is 2.40 bits per heavy atom. The third kappa shape index (κ3) is 3.75. The van der Waals surface area contributed by atoms with Crippen LogP contribution in [0.3, 0.4) is 0 Å². The van der Waals surface area contributed by atoms with Crippen molar-refractivity contribution in [3.63, 3.8) is 0 Å². The molecule has 1 fully saturated rings. The van der Waals surface area contributed by atoms with Gasteiger partial charge in [0.25, 0.3) is 5.91 Å². The van der Waals surface area contributed by atoms with Gasteiger partial charge in [0.15, 0.2) is 0 Å². The number of amides is 1. The number of piperidine rings is 1. The molecular weight excluding hydrogens is 312 g/mol. The van der Waals surface area contributed by atoms with Crippen molar-refractivity contribution in [2.75, 3.05) is 13.1 Å². The molecule has 1 aliphatic rings. The summed E-state index contributed by atoms with van der Waals surface area (Å²) >= 11 is 0. The summed E-state index contributed by atoms with van der Waals surface area (Å²) in [5.41, 5.74) is 2.11. The molecule has 1 amide bonds. The molecular formula is C20H28N4O. The van der Waals surface area contributed by atoms with Gasteiger partial charge in [-0.15, -0.1) is 0 Å². The molecule has 0 aliphatic carbocycles. The highest BCUT2D eigenvalue weighted by Crippen LogP contribution is 2.25. The van der Waals surface area contributed by atoms with Crippen molar-refractivity contribution in [3.8, 4) is 0 Å². The number of aromatic nitrogens is 3. The Morgan fingerprint density at radius 2 is 1.84 bits per heavy atom. The van der Waals surface area contributed by atoms with Gasteiger partial charge in [-0.25, -0.2) is 9.67 Å². The van der Waals surface area contributed by atoms with Gasteiger partial charge in [-0.3, -0.25) is 4.79 Å². The van der Waals surface area contributed by atoms with Gasteiger partial charge in [0.2, 0.25) is 0 Å². The van der Waals surface area contributed by atoms with Crippen LogP contribution in [0.2, 0.25) is 0 Å². The van der Waals surface area contributed by atoms with Gasteiger partial charge in [0.05, 0.1) is 6.04 Å².